The summed E-state index contributed by atoms with van der Waals surface area (Å²) in [6, 6.07) is 10.6. The number of aromatic nitrogens is 2. The number of halogens is 1. The van der Waals surface area contributed by atoms with E-state index in [1.807, 2.05) is 12.1 Å². The van der Waals surface area contributed by atoms with Crippen LogP contribution < -0.4 is 5.69 Å². The Morgan fingerprint density at radius 2 is 1.61 bits per heavy atom. The molecule has 5 rings (SSSR count). The topological polar surface area (TPSA) is 109 Å². The van der Waals surface area contributed by atoms with Crippen LogP contribution in [0.2, 0.25) is 5.02 Å². The van der Waals surface area contributed by atoms with Gasteiger partial charge < -0.3 is 24.9 Å². The lowest BCUT2D eigenvalue weighted by Crippen LogP contribution is -2.53. The largest absolute Gasteiger partial charge is 0.380 e. The number of amides is 2. The molecule has 9 heteroatoms. The van der Waals surface area contributed by atoms with Gasteiger partial charge in [-0.05, 0) is 42.7 Å². The number of imidazole rings is 1. The number of H-pyrrole nitrogens is 2. The molecule has 0 unspecified atom stereocenters. The lowest BCUT2D eigenvalue weighted by molar-refractivity contribution is -0.143. The molecule has 1 aliphatic carbocycles. The van der Waals surface area contributed by atoms with Gasteiger partial charge in [-0.3, -0.25) is 9.59 Å². The highest BCUT2D eigenvalue weighted by molar-refractivity contribution is 6.31. The Bertz CT molecular complexity index is 1230. The molecule has 160 valence electrons. The standard InChI is InChI=1S/C22H21ClN4O4/c23-15-11-16(18-17(12-15)24-21(30)25-18)13-1-3-14(4-2-13)19(28)26-7-9-27(10-8-26)20(29)22(31)5-6-22/h1-4,11-12,31H,5-10H2,(H2,24,25,30). The summed E-state index contributed by atoms with van der Waals surface area (Å²) < 4.78 is 0. The molecular weight excluding hydrogens is 420 g/mol. The van der Waals surface area contributed by atoms with E-state index in [4.69, 9.17) is 11.6 Å². The highest BCUT2D eigenvalue weighted by Gasteiger charge is 2.50. The molecule has 2 amide bonds. The normalized spacial score (nSPS) is 17.7. The third-order valence-electron chi connectivity index (χ3n) is 6.01. The number of aliphatic hydroxyl groups is 1. The second-order valence-corrected chi connectivity index (χ2v) is 8.58. The van der Waals surface area contributed by atoms with Crippen molar-refractivity contribution in [2.75, 3.05) is 26.2 Å². The average Bonchev–Trinajstić information content (AvgIpc) is 3.42. The molecule has 2 aromatic carbocycles. The van der Waals surface area contributed by atoms with Gasteiger partial charge in [0.25, 0.3) is 11.8 Å². The number of hydrogen-bond acceptors (Lipinski definition) is 4. The summed E-state index contributed by atoms with van der Waals surface area (Å²) in [7, 11) is 0. The minimum absolute atomic E-state index is 0.102. The first-order valence-electron chi connectivity index (χ1n) is 10.2. The van der Waals surface area contributed by atoms with Crippen molar-refractivity contribution in [1.82, 2.24) is 19.8 Å². The number of nitrogens with one attached hydrogen (secondary N) is 2. The Balaban J connectivity index is 1.31. The monoisotopic (exact) mass is 440 g/mol. The Labute approximate surface area is 182 Å². The van der Waals surface area contributed by atoms with E-state index < -0.39 is 5.60 Å². The molecule has 0 radical (unpaired) electrons. The maximum atomic E-state index is 12.9. The van der Waals surface area contributed by atoms with E-state index in [-0.39, 0.29) is 17.5 Å². The first kappa shape index (κ1) is 19.8. The highest BCUT2D eigenvalue weighted by Crippen LogP contribution is 2.37. The number of nitrogens with zero attached hydrogens (tertiary/aromatic N) is 2. The summed E-state index contributed by atoms with van der Waals surface area (Å²) in [5.74, 6) is -0.324. The number of fused-ring (bicyclic) bond motifs is 1. The predicted octanol–water partition coefficient (Wildman–Crippen LogP) is 1.99. The molecule has 8 nitrogen and oxygen atoms in total. The number of carbonyl (C=O) groups is 2. The molecule has 3 aromatic rings. The van der Waals surface area contributed by atoms with Gasteiger partial charge in [0.05, 0.1) is 11.0 Å². The fourth-order valence-electron chi connectivity index (χ4n) is 4.05. The number of hydrogen-bond donors (Lipinski definition) is 3. The highest BCUT2D eigenvalue weighted by atomic mass is 35.5. The van der Waals surface area contributed by atoms with Crippen molar-refractivity contribution in [3.8, 4) is 11.1 Å². The van der Waals surface area contributed by atoms with E-state index in [1.54, 1.807) is 34.1 Å². The van der Waals surface area contributed by atoms with Crippen LogP contribution in [0.25, 0.3) is 22.2 Å². The summed E-state index contributed by atoms with van der Waals surface area (Å²) in [6.45, 7) is 1.71. The summed E-state index contributed by atoms with van der Waals surface area (Å²) in [4.78, 5) is 45.7. The van der Waals surface area contributed by atoms with E-state index in [1.165, 1.54) is 0 Å². The van der Waals surface area contributed by atoms with Crippen molar-refractivity contribution >= 4 is 34.4 Å². The van der Waals surface area contributed by atoms with Gasteiger partial charge in [0.2, 0.25) is 0 Å². The summed E-state index contributed by atoms with van der Waals surface area (Å²) >= 11 is 6.19. The van der Waals surface area contributed by atoms with Gasteiger partial charge in [-0.1, -0.05) is 23.7 Å². The van der Waals surface area contributed by atoms with Crippen molar-refractivity contribution in [2.24, 2.45) is 0 Å². The van der Waals surface area contributed by atoms with Gasteiger partial charge in [-0.2, -0.15) is 0 Å². The van der Waals surface area contributed by atoms with E-state index in [0.717, 1.165) is 11.1 Å². The summed E-state index contributed by atoms with van der Waals surface area (Å²) in [5, 5.41) is 10.5. The SMILES string of the molecule is O=C(c1ccc(-c2cc(Cl)cc3[nH]c(=O)[nH]c23)cc1)N1CCN(C(=O)C2(O)CC2)CC1. The average molecular weight is 441 g/mol. The van der Waals surface area contributed by atoms with Crippen molar-refractivity contribution in [1.29, 1.82) is 0 Å². The Hall–Kier alpha value is -3.10. The maximum absolute atomic E-state index is 12.9. The van der Waals surface area contributed by atoms with Crippen LogP contribution in [0.5, 0.6) is 0 Å². The molecule has 31 heavy (non-hydrogen) atoms. The number of carbonyl (C=O) groups excluding carboxylic acids is 2. The first-order chi connectivity index (χ1) is 14.8. The van der Waals surface area contributed by atoms with Crippen molar-refractivity contribution in [3.05, 3.63) is 57.5 Å². The van der Waals surface area contributed by atoms with Crippen LogP contribution in [0.3, 0.4) is 0 Å². The summed E-state index contributed by atoms with van der Waals surface area (Å²) in [6.07, 6.45) is 1.04. The van der Waals surface area contributed by atoms with Crippen LogP contribution in [0, 0.1) is 0 Å². The van der Waals surface area contributed by atoms with E-state index >= 15 is 0 Å². The molecule has 2 aliphatic rings. The number of rotatable bonds is 3. The minimum Gasteiger partial charge on any atom is -0.380 e. The molecule has 3 N–H and O–H groups in total. The van der Waals surface area contributed by atoms with Gasteiger partial charge in [0.15, 0.2) is 0 Å². The zero-order valence-electron chi connectivity index (χ0n) is 16.7. The molecule has 1 saturated heterocycles. The Morgan fingerprint density at radius 1 is 0.968 bits per heavy atom. The van der Waals surface area contributed by atoms with Crippen molar-refractivity contribution in [3.63, 3.8) is 0 Å². The molecule has 2 fully saturated rings. The molecule has 1 aliphatic heterocycles. The number of aromatic amines is 2. The predicted molar refractivity (Wildman–Crippen MR) is 116 cm³/mol. The molecule has 1 aromatic heterocycles. The number of benzene rings is 2. The fraction of sp³-hybridized carbons (Fsp3) is 0.318. The second kappa shape index (κ2) is 7.25. The quantitative estimate of drug-likeness (QED) is 0.578. The van der Waals surface area contributed by atoms with Gasteiger partial charge in [0.1, 0.15) is 5.60 Å². The lowest BCUT2D eigenvalue weighted by Gasteiger charge is -2.35. The third-order valence-corrected chi connectivity index (χ3v) is 6.23. The zero-order valence-corrected chi connectivity index (χ0v) is 17.4. The summed E-state index contributed by atoms with van der Waals surface area (Å²) in [5.41, 5.74) is 1.94. The van der Waals surface area contributed by atoms with Crippen LogP contribution in [0.4, 0.5) is 0 Å². The van der Waals surface area contributed by atoms with Crippen LogP contribution in [0.1, 0.15) is 23.2 Å². The smallest absolute Gasteiger partial charge is 0.323 e. The van der Waals surface area contributed by atoms with Crippen LogP contribution in [0.15, 0.2) is 41.2 Å². The van der Waals surface area contributed by atoms with Gasteiger partial charge in [-0.25, -0.2) is 4.79 Å². The van der Waals surface area contributed by atoms with Crippen molar-refractivity contribution in [2.45, 2.75) is 18.4 Å². The number of piperazine rings is 1. The molecule has 0 bridgehead atoms. The van der Waals surface area contributed by atoms with Crippen LogP contribution in [-0.2, 0) is 4.79 Å². The zero-order chi connectivity index (χ0) is 21.8. The molecule has 2 heterocycles. The Kier molecular flexibility index (Phi) is 4.64. The minimum atomic E-state index is -1.17. The lowest BCUT2D eigenvalue weighted by atomic mass is 10.0. The van der Waals surface area contributed by atoms with Crippen molar-refractivity contribution < 1.29 is 14.7 Å². The van der Waals surface area contributed by atoms with Gasteiger partial charge in [0, 0.05) is 42.3 Å². The van der Waals surface area contributed by atoms with E-state index in [2.05, 4.69) is 9.97 Å². The maximum Gasteiger partial charge on any atom is 0.323 e. The van der Waals surface area contributed by atoms with Gasteiger partial charge in [-0.15, -0.1) is 0 Å². The first-order valence-corrected chi connectivity index (χ1v) is 10.5. The van der Waals surface area contributed by atoms with E-state index in [9.17, 15) is 19.5 Å². The van der Waals surface area contributed by atoms with E-state index in [0.29, 0.717) is 60.6 Å². The third kappa shape index (κ3) is 3.62. The molecule has 0 spiro atoms. The molecular formula is C22H21ClN4O4. The van der Waals surface area contributed by atoms with Crippen LogP contribution >= 0.6 is 11.6 Å². The molecule has 0 atom stereocenters. The Morgan fingerprint density at radius 3 is 2.26 bits per heavy atom. The fourth-order valence-corrected chi connectivity index (χ4v) is 4.27. The molecule has 1 saturated carbocycles. The second-order valence-electron chi connectivity index (χ2n) is 8.15. The van der Waals surface area contributed by atoms with Gasteiger partial charge >= 0.3 is 5.69 Å². The van der Waals surface area contributed by atoms with Crippen LogP contribution in [-0.4, -0.2) is 68.5 Å².